The largest absolute Gasteiger partial charge is 0.344 e. The van der Waals surface area contributed by atoms with Gasteiger partial charge in [0.15, 0.2) is 0 Å². The Balaban J connectivity index is 1.42. The van der Waals surface area contributed by atoms with Crippen LogP contribution in [0.5, 0.6) is 0 Å². The summed E-state index contributed by atoms with van der Waals surface area (Å²) in [7, 11) is 1.97. The van der Waals surface area contributed by atoms with Crippen molar-refractivity contribution in [1.29, 1.82) is 0 Å². The van der Waals surface area contributed by atoms with E-state index in [1.54, 1.807) is 0 Å². The summed E-state index contributed by atoms with van der Waals surface area (Å²) < 4.78 is 0. The van der Waals surface area contributed by atoms with Crippen LogP contribution in [0.3, 0.4) is 0 Å². The molecule has 2 saturated heterocycles. The monoisotopic (exact) mass is 433 g/mol. The lowest BCUT2D eigenvalue weighted by molar-refractivity contribution is -0.136. The molecule has 4 heteroatoms. The van der Waals surface area contributed by atoms with E-state index in [0.717, 1.165) is 31.6 Å². The second-order valence-corrected chi connectivity index (χ2v) is 9.68. The molecule has 0 aromatic heterocycles. The molecule has 0 N–H and O–H groups in total. The predicted octanol–water partition coefficient (Wildman–Crippen LogP) is 4.69. The average molecular weight is 434 g/mol. The fraction of sp³-hybridized carbons (Fsp3) is 0.536. The zero-order valence-corrected chi connectivity index (χ0v) is 19.9. The smallest absolute Gasteiger partial charge is 0.244 e. The molecule has 2 aromatic carbocycles. The second kappa shape index (κ2) is 11.1. The molecular weight excluding hydrogens is 394 g/mol. The Kier molecular flexibility index (Phi) is 7.99. The number of carbonyl (C=O) groups is 1. The van der Waals surface area contributed by atoms with Crippen LogP contribution in [-0.4, -0.2) is 66.4 Å². The molecule has 4 rings (SSSR count). The van der Waals surface area contributed by atoms with Crippen molar-refractivity contribution >= 4 is 5.91 Å². The Bertz CT molecular complexity index is 854. The van der Waals surface area contributed by atoms with E-state index in [2.05, 4.69) is 65.3 Å². The molecule has 172 valence electrons. The average Bonchev–Trinajstić information content (AvgIpc) is 2.84. The number of nitrogens with zero attached hydrogens (tertiary/aromatic N) is 3. The van der Waals surface area contributed by atoms with Crippen LogP contribution in [0.15, 0.2) is 54.6 Å². The van der Waals surface area contributed by atoms with E-state index in [9.17, 15) is 4.79 Å². The highest BCUT2D eigenvalue weighted by Crippen LogP contribution is 2.29. The molecule has 0 spiro atoms. The normalized spacial score (nSPS) is 19.6. The molecular formula is C28H39N3O. The minimum atomic E-state index is -0.180. The number of amides is 1. The maximum atomic E-state index is 13.7. The van der Waals surface area contributed by atoms with Gasteiger partial charge < -0.3 is 9.80 Å². The van der Waals surface area contributed by atoms with Crippen LogP contribution in [0.25, 0.3) is 0 Å². The van der Waals surface area contributed by atoms with Gasteiger partial charge in [-0.2, -0.15) is 0 Å². The van der Waals surface area contributed by atoms with Gasteiger partial charge in [-0.25, -0.2) is 0 Å². The van der Waals surface area contributed by atoms with Gasteiger partial charge in [0.1, 0.15) is 6.04 Å². The van der Waals surface area contributed by atoms with Crippen molar-refractivity contribution in [3.63, 3.8) is 0 Å². The number of rotatable bonds is 7. The summed E-state index contributed by atoms with van der Waals surface area (Å²) in [5.41, 5.74) is 3.69. The molecule has 1 amide bonds. The summed E-state index contributed by atoms with van der Waals surface area (Å²) in [6, 6.07) is 19.5. The highest BCUT2D eigenvalue weighted by Gasteiger charge is 2.34. The summed E-state index contributed by atoms with van der Waals surface area (Å²) in [5.74, 6) is 0.222. The van der Waals surface area contributed by atoms with Gasteiger partial charge in [-0.15, -0.1) is 0 Å². The number of benzene rings is 2. The van der Waals surface area contributed by atoms with E-state index in [4.69, 9.17) is 0 Å². The molecule has 1 atom stereocenters. The fourth-order valence-corrected chi connectivity index (χ4v) is 5.42. The zero-order chi connectivity index (χ0) is 22.3. The maximum absolute atomic E-state index is 13.7. The molecule has 4 nitrogen and oxygen atoms in total. The lowest BCUT2D eigenvalue weighted by Crippen LogP contribution is -2.50. The van der Waals surface area contributed by atoms with Crippen LogP contribution in [0.4, 0.5) is 0 Å². The molecule has 2 aromatic rings. The van der Waals surface area contributed by atoms with E-state index in [1.165, 1.54) is 56.3 Å². The first-order chi connectivity index (χ1) is 15.6. The van der Waals surface area contributed by atoms with E-state index in [1.807, 2.05) is 18.0 Å². The van der Waals surface area contributed by atoms with Gasteiger partial charge in [0.25, 0.3) is 0 Å². The molecule has 0 radical (unpaired) electrons. The Morgan fingerprint density at radius 3 is 2.38 bits per heavy atom. The maximum Gasteiger partial charge on any atom is 0.244 e. The fourth-order valence-electron chi connectivity index (χ4n) is 5.42. The predicted molar refractivity (Wildman–Crippen MR) is 132 cm³/mol. The summed E-state index contributed by atoms with van der Waals surface area (Å²) in [4.78, 5) is 20.8. The first-order valence-corrected chi connectivity index (χ1v) is 12.5. The molecule has 0 aliphatic carbocycles. The summed E-state index contributed by atoms with van der Waals surface area (Å²) in [6.07, 6.45) is 7.30. The highest BCUT2D eigenvalue weighted by molar-refractivity contribution is 5.83. The number of likely N-dealkylation sites (N-methyl/N-ethyl adjacent to an activating group) is 1. The Morgan fingerprint density at radius 2 is 1.69 bits per heavy atom. The standard InChI is InChI=1S/C28H39N3O/c1-23-10-9-11-24(22-23)14-19-29(2)28(32)27(25-12-5-3-6-13-25)31-20-15-26(16-21-31)30-17-7-4-8-18-30/h3,5-6,9-13,22,26-27H,4,7-8,14-21H2,1-2H3. The molecule has 1 unspecified atom stereocenters. The van der Waals surface area contributed by atoms with Gasteiger partial charge in [0.2, 0.25) is 5.91 Å². The minimum absolute atomic E-state index is 0.180. The first kappa shape index (κ1) is 23.0. The second-order valence-electron chi connectivity index (χ2n) is 9.68. The third kappa shape index (κ3) is 5.79. The lowest BCUT2D eigenvalue weighted by atomic mass is 9.96. The SMILES string of the molecule is Cc1cccc(CCN(C)C(=O)C(c2ccccc2)N2CCC(N3CCCCC3)CC2)c1. The summed E-state index contributed by atoms with van der Waals surface area (Å²) in [6.45, 7) is 7.38. The van der Waals surface area contributed by atoms with Gasteiger partial charge in [0, 0.05) is 32.7 Å². The van der Waals surface area contributed by atoms with Crippen molar-refractivity contribution in [1.82, 2.24) is 14.7 Å². The number of hydrogen-bond donors (Lipinski definition) is 0. The number of hydrogen-bond acceptors (Lipinski definition) is 3. The molecule has 0 saturated carbocycles. The quantitative estimate of drug-likeness (QED) is 0.634. The molecule has 2 aliphatic rings. The first-order valence-electron chi connectivity index (χ1n) is 12.5. The summed E-state index contributed by atoms with van der Waals surface area (Å²) in [5, 5.41) is 0. The van der Waals surface area contributed by atoms with Crippen molar-refractivity contribution in [3.8, 4) is 0 Å². The molecule has 2 fully saturated rings. The van der Waals surface area contributed by atoms with Gasteiger partial charge in [-0.1, -0.05) is 66.6 Å². The van der Waals surface area contributed by atoms with Gasteiger partial charge in [0.05, 0.1) is 0 Å². The Hall–Kier alpha value is -2.17. The minimum Gasteiger partial charge on any atom is -0.344 e. The lowest BCUT2D eigenvalue weighted by Gasteiger charge is -2.43. The van der Waals surface area contributed by atoms with Crippen LogP contribution >= 0.6 is 0 Å². The topological polar surface area (TPSA) is 26.8 Å². The van der Waals surface area contributed by atoms with E-state index in [0.29, 0.717) is 6.04 Å². The van der Waals surface area contributed by atoms with Gasteiger partial charge in [-0.05, 0) is 63.2 Å². The zero-order valence-electron chi connectivity index (χ0n) is 19.9. The van der Waals surface area contributed by atoms with Gasteiger partial charge in [-0.3, -0.25) is 9.69 Å². The van der Waals surface area contributed by atoms with Crippen molar-refractivity contribution in [2.45, 2.75) is 57.5 Å². The van der Waals surface area contributed by atoms with Crippen LogP contribution in [0, 0.1) is 6.92 Å². The van der Waals surface area contributed by atoms with Crippen LogP contribution in [0.2, 0.25) is 0 Å². The van der Waals surface area contributed by atoms with Crippen molar-refractivity contribution in [3.05, 3.63) is 71.3 Å². The molecule has 0 bridgehead atoms. The van der Waals surface area contributed by atoms with E-state index >= 15 is 0 Å². The molecule has 2 aliphatic heterocycles. The Labute approximate surface area is 194 Å². The third-order valence-electron chi connectivity index (χ3n) is 7.32. The number of carbonyl (C=O) groups excluding carboxylic acids is 1. The third-order valence-corrected chi connectivity index (χ3v) is 7.32. The molecule has 2 heterocycles. The van der Waals surface area contributed by atoms with E-state index < -0.39 is 0 Å². The number of aryl methyl sites for hydroxylation is 1. The molecule has 32 heavy (non-hydrogen) atoms. The van der Waals surface area contributed by atoms with Crippen LogP contribution in [0.1, 0.15) is 54.8 Å². The van der Waals surface area contributed by atoms with Crippen LogP contribution in [-0.2, 0) is 11.2 Å². The van der Waals surface area contributed by atoms with Crippen molar-refractivity contribution in [2.75, 3.05) is 39.8 Å². The van der Waals surface area contributed by atoms with E-state index in [-0.39, 0.29) is 11.9 Å². The number of piperidine rings is 2. The summed E-state index contributed by atoms with van der Waals surface area (Å²) >= 11 is 0. The highest BCUT2D eigenvalue weighted by atomic mass is 16.2. The van der Waals surface area contributed by atoms with Gasteiger partial charge >= 0.3 is 0 Å². The van der Waals surface area contributed by atoms with Crippen molar-refractivity contribution < 1.29 is 4.79 Å². The van der Waals surface area contributed by atoms with Crippen molar-refractivity contribution in [2.24, 2.45) is 0 Å². The Morgan fingerprint density at radius 1 is 0.969 bits per heavy atom. The number of likely N-dealkylation sites (tertiary alicyclic amines) is 2. The van der Waals surface area contributed by atoms with Crippen LogP contribution < -0.4 is 0 Å².